The predicted octanol–water partition coefficient (Wildman–Crippen LogP) is 4.71. The highest BCUT2D eigenvalue weighted by Crippen LogP contribution is 2.55. The van der Waals surface area contributed by atoms with Crippen molar-refractivity contribution in [3.63, 3.8) is 0 Å². The Balaban J connectivity index is 0.000000365. The van der Waals surface area contributed by atoms with Gasteiger partial charge in [0, 0.05) is 30.7 Å². The summed E-state index contributed by atoms with van der Waals surface area (Å²) in [6.45, 7) is 19.7. The molecule has 1 atom stereocenters. The summed E-state index contributed by atoms with van der Waals surface area (Å²) in [6.07, 6.45) is 2.34. The van der Waals surface area contributed by atoms with Crippen LogP contribution in [0.15, 0.2) is 58.3 Å². The van der Waals surface area contributed by atoms with Crippen molar-refractivity contribution in [3.05, 3.63) is 59.7 Å². The molecular weight excluding hydrogens is 576 g/mol. The molecule has 1 saturated heterocycles. The summed E-state index contributed by atoms with van der Waals surface area (Å²) in [5.41, 5.74) is 0.386. The molecule has 3 rings (SSSR count). The van der Waals surface area contributed by atoms with Gasteiger partial charge in [0.15, 0.2) is 25.5 Å². The number of nitrogens with one attached hydrogen (secondary N) is 1. The number of Topliss-reactive ketones (excluding diaryl/α,β-unsaturated/α-hetero) is 1. The van der Waals surface area contributed by atoms with Gasteiger partial charge < -0.3 is 14.8 Å². The van der Waals surface area contributed by atoms with E-state index < -0.39 is 31.0 Å². The standard InChI is InChI=1S/C15H23NO3S.C12H16O4S.C4H11N/c1-6-16(7-2)15(3,4)14(17)12-8-10-13(11-9-12)20(5,18)19;1-11(2)12(15-3,16-11)9-5-7-10(8-6-9)17(4,13)14;1-3-5-4-2/h8-11H,6-7H2,1-5H3;5-8H,1-4H3;5H,3-4H2,1-2H3. The first kappa shape index (κ1) is 37.9. The van der Waals surface area contributed by atoms with Gasteiger partial charge in [0.1, 0.15) is 5.60 Å². The van der Waals surface area contributed by atoms with Crippen LogP contribution in [0.1, 0.15) is 71.3 Å². The number of hydrogen-bond donors (Lipinski definition) is 1. The van der Waals surface area contributed by atoms with Crippen LogP contribution in [0.2, 0.25) is 0 Å². The maximum absolute atomic E-state index is 12.6. The lowest BCUT2D eigenvalue weighted by Gasteiger charge is -2.35. The van der Waals surface area contributed by atoms with Crippen LogP contribution in [-0.2, 0) is 34.9 Å². The number of benzene rings is 2. The normalized spacial score (nSPS) is 17.9. The van der Waals surface area contributed by atoms with Gasteiger partial charge in [0.25, 0.3) is 0 Å². The Kier molecular flexibility index (Phi) is 13.6. The third-order valence-corrected chi connectivity index (χ3v) is 9.51. The number of ether oxygens (including phenoxy) is 2. The van der Waals surface area contributed by atoms with Crippen LogP contribution < -0.4 is 5.32 Å². The molecule has 2 aromatic carbocycles. The van der Waals surface area contributed by atoms with Crippen LogP contribution in [-0.4, -0.2) is 84.5 Å². The zero-order valence-corrected chi connectivity index (χ0v) is 28.7. The number of rotatable bonds is 11. The summed E-state index contributed by atoms with van der Waals surface area (Å²) in [7, 11) is -4.81. The van der Waals surface area contributed by atoms with E-state index in [0.29, 0.717) is 10.5 Å². The summed E-state index contributed by atoms with van der Waals surface area (Å²) in [4.78, 5) is 15.2. The highest BCUT2D eigenvalue weighted by molar-refractivity contribution is 7.91. The second-order valence-electron chi connectivity index (χ2n) is 11.0. The summed E-state index contributed by atoms with van der Waals surface area (Å²) in [6, 6.07) is 12.8. The van der Waals surface area contributed by atoms with E-state index in [1.807, 2.05) is 41.5 Å². The lowest BCUT2D eigenvalue weighted by atomic mass is 9.91. The Bertz CT molecular complexity index is 1360. The molecule has 11 heteroatoms. The van der Waals surface area contributed by atoms with Gasteiger partial charge in [0.2, 0.25) is 5.79 Å². The Labute approximate surface area is 253 Å². The van der Waals surface area contributed by atoms with E-state index in [9.17, 15) is 21.6 Å². The minimum atomic E-state index is -3.23. The molecule has 0 aromatic heterocycles. The molecule has 0 bridgehead atoms. The number of epoxide rings is 1. The first-order chi connectivity index (χ1) is 19.3. The van der Waals surface area contributed by atoms with Crippen LogP contribution in [0.25, 0.3) is 0 Å². The highest BCUT2D eigenvalue weighted by Gasteiger charge is 2.66. The number of methoxy groups -OCH3 is 1. The SMILES string of the molecule is CCN(CC)C(C)(C)C(=O)c1ccc(S(C)(=O)=O)cc1.CCNCC.COC1(c2ccc(S(C)(=O)=O)cc2)OC1(C)C. The van der Waals surface area contributed by atoms with Crippen LogP contribution in [0.3, 0.4) is 0 Å². The molecule has 0 aliphatic carbocycles. The average molecular weight is 627 g/mol. The second kappa shape index (κ2) is 15.0. The largest absolute Gasteiger partial charge is 0.347 e. The maximum Gasteiger partial charge on any atom is 0.225 e. The average Bonchev–Trinajstić information content (AvgIpc) is 3.51. The van der Waals surface area contributed by atoms with Gasteiger partial charge in [-0.3, -0.25) is 9.69 Å². The molecule has 0 radical (unpaired) electrons. The molecule has 1 fully saturated rings. The molecule has 42 heavy (non-hydrogen) atoms. The molecule has 1 N–H and O–H groups in total. The van der Waals surface area contributed by atoms with E-state index in [1.165, 1.54) is 18.4 Å². The molecule has 0 saturated carbocycles. The Morgan fingerprint density at radius 3 is 1.48 bits per heavy atom. The first-order valence-corrected chi connectivity index (χ1v) is 17.9. The molecule has 1 aliphatic heterocycles. The minimum absolute atomic E-state index is 0.00116. The number of nitrogens with zero attached hydrogens (tertiary/aromatic N) is 1. The third-order valence-electron chi connectivity index (χ3n) is 7.25. The number of likely N-dealkylation sites (N-methyl/N-ethyl adjacent to an activating group) is 1. The molecule has 0 amide bonds. The molecule has 1 unspecified atom stereocenters. The summed E-state index contributed by atoms with van der Waals surface area (Å²) in [5.74, 6) is -0.746. The lowest BCUT2D eigenvalue weighted by molar-refractivity contribution is -0.0148. The summed E-state index contributed by atoms with van der Waals surface area (Å²) in [5, 5.41) is 3.11. The summed E-state index contributed by atoms with van der Waals surface area (Å²) < 4.78 is 56.5. The smallest absolute Gasteiger partial charge is 0.225 e. The molecule has 238 valence electrons. The number of ketones is 1. The fourth-order valence-electron chi connectivity index (χ4n) is 4.68. The van der Waals surface area contributed by atoms with Crippen molar-refractivity contribution >= 4 is 25.5 Å². The molecule has 1 aliphatic rings. The minimum Gasteiger partial charge on any atom is -0.347 e. The molecule has 0 spiro atoms. The van der Waals surface area contributed by atoms with E-state index in [4.69, 9.17) is 9.47 Å². The highest BCUT2D eigenvalue weighted by atomic mass is 32.2. The van der Waals surface area contributed by atoms with E-state index >= 15 is 0 Å². The van der Waals surface area contributed by atoms with Crippen molar-refractivity contribution in [3.8, 4) is 0 Å². The number of carbonyl (C=O) groups is 1. The number of carbonyl (C=O) groups excluding carboxylic acids is 1. The zero-order chi connectivity index (χ0) is 32.6. The van der Waals surface area contributed by atoms with Crippen molar-refractivity contribution in [2.24, 2.45) is 0 Å². The van der Waals surface area contributed by atoms with E-state index in [1.54, 1.807) is 43.5 Å². The first-order valence-electron chi connectivity index (χ1n) is 14.2. The van der Waals surface area contributed by atoms with Gasteiger partial charge in [-0.15, -0.1) is 0 Å². The Morgan fingerprint density at radius 1 is 0.833 bits per heavy atom. The van der Waals surface area contributed by atoms with Gasteiger partial charge >= 0.3 is 0 Å². The Morgan fingerprint density at radius 2 is 1.21 bits per heavy atom. The van der Waals surface area contributed by atoms with Crippen LogP contribution in [0.4, 0.5) is 0 Å². The third kappa shape index (κ3) is 9.42. The van der Waals surface area contributed by atoms with Gasteiger partial charge in [-0.05, 0) is 78.1 Å². The van der Waals surface area contributed by atoms with Crippen LogP contribution in [0, 0.1) is 0 Å². The van der Waals surface area contributed by atoms with Gasteiger partial charge in [-0.25, -0.2) is 16.8 Å². The second-order valence-corrected chi connectivity index (χ2v) is 15.1. The van der Waals surface area contributed by atoms with Crippen molar-refractivity contribution in [2.45, 2.75) is 82.1 Å². The van der Waals surface area contributed by atoms with Gasteiger partial charge in [0.05, 0.1) is 15.3 Å². The van der Waals surface area contributed by atoms with Crippen LogP contribution in [0.5, 0.6) is 0 Å². The molecule has 2 aromatic rings. The lowest BCUT2D eigenvalue weighted by Crippen LogP contribution is -2.49. The molecule has 9 nitrogen and oxygen atoms in total. The van der Waals surface area contributed by atoms with Crippen molar-refractivity contribution in [1.29, 1.82) is 0 Å². The Hall–Kier alpha value is -2.15. The zero-order valence-electron chi connectivity index (χ0n) is 27.1. The monoisotopic (exact) mass is 626 g/mol. The van der Waals surface area contributed by atoms with Crippen molar-refractivity contribution < 1.29 is 31.1 Å². The van der Waals surface area contributed by atoms with Gasteiger partial charge in [-0.1, -0.05) is 52.0 Å². The van der Waals surface area contributed by atoms with Crippen LogP contribution >= 0.6 is 0 Å². The van der Waals surface area contributed by atoms with Gasteiger partial charge in [-0.2, -0.15) is 0 Å². The molecular formula is C31H50N2O7S2. The maximum atomic E-state index is 12.6. The van der Waals surface area contributed by atoms with E-state index in [2.05, 4.69) is 24.1 Å². The topological polar surface area (TPSA) is 122 Å². The van der Waals surface area contributed by atoms with Crippen molar-refractivity contribution in [1.82, 2.24) is 10.2 Å². The van der Waals surface area contributed by atoms with E-state index in [-0.39, 0.29) is 16.3 Å². The number of hydrogen-bond acceptors (Lipinski definition) is 9. The van der Waals surface area contributed by atoms with E-state index in [0.717, 1.165) is 38.0 Å². The predicted molar refractivity (Wildman–Crippen MR) is 169 cm³/mol. The summed E-state index contributed by atoms with van der Waals surface area (Å²) >= 11 is 0. The fraction of sp³-hybridized carbons (Fsp3) is 0.581. The quantitative estimate of drug-likeness (QED) is 0.279. The van der Waals surface area contributed by atoms with Crippen molar-refractivity contribution in [2.75, 3.05) is 45.8 Å². The number of sulfone groups is 2. The molecule has 1 heterocycles. The fourth-order valence-corrected chi connectivity index (χ4v) is 5.94.